The molecule has 0 saturated heterocycles. The lowest BCUT2D eigenvalue weighted by atomic mass is 10.0. The number of benzene rings is 1. The Morgan fingerprint density at radius 3 is 2.60 bits per heavy atom. The first-order valence-electron chi connectivity index (χ1n) is 5.44. The highest BCUT2D eigenvalue weighted by Crippen LogP contribution is 2.17. The van der Waals surface area contributed by atoms with E-state index in [0.29, 0.717) is 6.42 Å². The van der Waals surface area contributed by atoms with Crippen LogP contribution in [-0.4, -0.2) is 5.78 Å². The van der Waals surface area contributed by atoms with Crippen molar-refractivity contribution in [2.75, 3.05) is 0 Å². The van der Waals surface area contributed by atoms with Crippen molar-refractivity contribution in [1.29, 1.82) is 0 Å². The number of hydrogen-bond donors (Lipinski definition) is 0. The van der Waals surface area contributed by atoms with Crippen molar-refractivity contribution in [3.05, 3.63) is 33.8 Å². The zero-order chi connectivity index (χ0) is 11.3. The number of aryl methyl sites for hydroxylation is 1. The fraction of sp³-hybridized carbons (Fsp3) is 0.462. The maximum atomic E-state index is 11.8. The van der Waals surface area contributed by atoms with Gasteiger partial charge in [0, 0.05) is 16.5 Å². The summed E-state index contributed by atoms with van der Waals surface area (Å²) < 4.78 is 0.987. The van der Waals surface area contributed by atoms with Crippen LogP contribution in [0.3, 0.4) is 0 Å². The first kappa shape index (κ1) is 12.4. The van der Waals surface area contributed by atoms with Crippen LogP contribution in [0.15, 0.2) is 22.7 Å². The third-order valence-electron chi connectivity index (χ3n) is 2.37. The van der Waals surface area contributed by atoms with Gasteiger partial charge in [-0.1, -0.05) is 35.7 Å². The van der Waals surface area contributed by atoms with Crippen LogP contribution in [0.25, 0.3) is 0 Å². The molecule has 0 atom stereocenters. The van der Waals surface area contributed by atoms with Crippen molar-refractivity contribution in [2.24, 2.45) is 0 Å². The average Bonchev–Trinajstić information content (AvgIpc) is 2.16. The molecular weight excluding hydrogens is 252 g/mol. The van der Waals surface area contributed by atoms with Crippen LogP contribution in [0.1, 0.15) is 48.5 Å². The lowest BCUT2D eigenvalue weighted by molar-refractivity contribution is 0.0979. The van der Waals surface area contributed by atoms with Gasteiger partial charge < -0.3 is 0 Å². The summed E-state index contributed by atoms with van der Waals surface area (Å²) in [5, 5.41) is 0. The molecule has 0 fully saturated rings. The Bertz CT molecular complexity index is 324. The van der Waals surface area contributed by atoms with E-state index in [4.69, 9.17) is 0 Å². The molecule has 1 aromatic rings. The van der Waals surface area contributed by atoms with Crippen LogP contribution in [0.2, 0.25) is 0 Å². The summed E-state index contributed by atoms with van der Waals surface area (Å²) in [5.74, 6) is 0.257. The number of Topliss-reactive ketones (excluding diaryl/α,β-unsaturated/α-hetero) is 1. The van der Waals surface area contributed by atoms with Gasteiger partial charge in [0.15, 0.2) is 5.78 Å². The summed E-state index contributed by atoms with van der Waals surface area (Å²) in [5.41, 5.74) is 1.96. The lowest BCUT2D eigenvalue weighted by Crippen LogP contribution is -1.99. The van der Waals surface area contributed by atoms with Gasteiger partial charge in [0.2, 0.25) is 0 Å². The fourth-order valence-electron chi connectivity index (χ4n) is 1.58. The Kier molecular flexibility index (Phi) is 5.03. The number of ketones is 1. The first-order valence-corrected chi connectivity index (χ1v) is 6.23. The van der Waals surface area contributed by atoms with Crippen LogP contribution in [0.5, 0.6) is 0 Å². The molecule has 0 radical (unpaired) electrons. The van der Waals surface area contributed by atoms with Gasteiger partial charge >= 0.3 is 0 Å². The Morgan fingerprint density at radius 1 is 1.27 bits per heavy atom. The average molecular weight is 269 g/mol. The summed E-state index contributed by atoms with van der Waals surface area (Å²) in [6.45, 7) is 4.15. The molecule has 0 N–H and O–H groups in total. The van der Waals surface area contributed by atoms with Crippen LogP contribution < -0.4 is 0 Å². The Hall–Kier alpha value is -0.630. The molecule has 0 aliphatic rings. The van der Waals surface area contributed by atoms with Crippen molar-refractivity contribution in [2.45, 2.75) is 39.5 Å². The standard InChI is InChI=1S/C13H17BrO/c1-3-4-5-6-13(15)11-7-10(2)8-12(14)9-11/h7-9H,3-6H2,1-2H3. The van der Waals surface area contributed by atoms with E-state index >= 15 is 0 Å². The Labute approximate surface area is 100 Å². The third kappa shape index (κ3) is 4.17. The van der Waals surface area contributed by atoms with Gasteiger partial charge in [-0.05, 0) is 37.1 Å². The summed E-state index contributed by atoms with van der Waals surface area (Å²) in [6, 6.07) is 5.88. The van der Waals surface area contributed by atoms with Crippen molar-refractivity contribution < 1.29 is 4.79 Å². The number of rotatable bonds is 5. The van der Waals surface area contributed by atoms with Crippen molar-refractivity contribution in [3.8, 4) is 0 Å². The molecule has 82 valence electrons. The van der Waals surface area contributed by atoms with E-state index in [2.05, 4.69) is 22.9 Å². The van der Waals surface area contributed by atoms with E-state index in [1.807, 2.05) is 25.1 Å². The molecule has 0 saturated carbocycles. The normalized spacial score (nSPS) is 10.3. The number of unbranched alkanes of at least 4 members (excludes halogenated alkanes) is 2. The van der Waals surface area contributed by atoms with Gasteiger partial charge in [-0.15, -0.1) is 0 Å². The monoisotopic (exact) mass is 268 g/mol. The maximum Gasteiger partial charge on any atom is 0.162 e. The highest BCUT2D eigenvalue weighted by molar-refractivity contribution is 9.10. The number of hydrogen-bond acceptors (Lipinski definition) is 1. The quantitative estimate of drug-likeness (QED) is 0.567. The molecule has 0 aliphatic heterocycles. The molecule has 1 nitrogen and oxygen atoms in total. The minimum absolute atomic E-state index is 0.257. The lowest BCUT2D eigenvalue weighted by Gasteiger charge is -2.03. The number of carbonyl (C=O) groups is 1. The van der Waals surface area contributed by atoms with Crippen LogP contribution in [-0.2, 0) is 0 Å². The van der Waals surface area contributed by atoms with Crippen LogP contribution >= 0.6 is 15.9 Å². The molecule has 0 amide bonds. The molecule has 15 heavy (non-hydrogen) atoms. The van der Waals surface area contributed by atoms with Crippen LogP contribution in [0, 0.1) is 6.92 Å². The molecule has 1 rings (SSSR count). The number of carbonyl (C=O) groups excluding carboxylic acids is 1. The van der Waals surface area contributed by atoms with Gasteiger partial charge in [0.25, 0.3) is 0 Å². The van der Waals surface area contributed by atoms with Gasteiger partial charge in [0.05, 0.1) is 0 Å². The van der Waals surface area contributed by atoms with Crippen LogP contribution in [0.4, 0.5) is 0 Å². The zero-order valence-corrected chi connectivity index (χ0v) is 10.9. The van der Waals surface area contributed by atoms with E-state index in [9.17, 15) is 4.79 Å². The molecular formula is C13H17BrO. The minimum Gasteiger partial charge on any atom is -0.294 e. The molecule has 0 aliphatic carbocycles. The molecule has 1 aromatic carbocycles. The minimum atomic E-state index is 0.257. The summed E-state index contributed by atoms with van der Waals surface area (Å²) in [6.07, 6.45) is 3.97. The zero-order valence-electron chi connectivity index (χ0n) is 9.35. The summed E-state index contributed by atoms with van der Waals surface area (Å²) in [7, 11) is 0. The SMILES string of the molecule is CCCCCC(=O)c1cc(C)cc(Br)c1. The predicted molar refractivity (Wildman–Crippen MR) is 67.4 cm³/mol. The largest absolute Gasteiger partial charge is 0.294 e. The second kappa shape index (κ2) is 6.06. The van der Waals surface area contributed by atoms with E-state index in [-0.39, 0.29) is 5.78 Å². The Morgan fingerprint density at radius 2 is 2.00 bits per heavy atom. The molecule has 0 unspecified atom stereocenters. The van der Waals surface area contributed by atoms with E-state index < -0.39 is 0 Å². The highest BCUT2D eigenvalue weighted by Gasteiger charge is 2.06. The van der Waals surface area contributed by atoms with Crippen molar-refractivity contribution >= 4 is 21.7 Å². The molecule has 0 spiro atoms. The van der Waals surface area contributed by atoms with Crippen molar-refractivity contribution in [3.63, 3.8) is 0 Å². The Balaban J connectivity index is 2.65. The maximum absolute atomic E-state index is 11.8. The first-order chi connectivity index (χ1) is 7.13. The molecule has 0 bridgehead atoms. The van der Waals surface area contributed by atoms with E-state index in [0.717, 1.165) is 34.9 Å². The third-order valence-corrected chi connectivity index (χ3v) is 2.83. The fourth-order valence-corrected chi connectivity index (χ4v) is 2.18. The molecule has 0 aromatic heterocycles. The molecule has 2 heteroatoms. The summed E-state index contributed by atoms with van der Waals surface area (Å²) >= 11 is 3.41. The van der Waals surface area contributed by atoms with Gasteiger partial charge in [-0.2, -0.15) is 0 Å². The van der Waals surface area contributed by atoms with Gasteiger partial charge in [0.1, 0.15) is 0 Å². The van der Waals surface area contributed by atoms with E-state index in [1.54, 1.807) is 0 Å². The summed E-state index contributed by atoms with van der Waals surface area (Å²) in [4.78, 5) is 11.8. The highest BCUT2D eigenvalue weighted by atomic mass is 79.9. The van der Waals surface area contributed by atoms with Gasteiger partial charge in [-0.3, -0.25) is 4.79 Å². The topological polar surface area (TPSA) is 17.1 Å². The van der Waals surface area contributed by atoms with E-state index in [1.165, 1.54) is 0 Å². The molecule has 0 heterocycles. The van der Waals surface area contributed by atoms with Gasteiger partial charge in [-0.25, -0.2) is 0 Å². The second-order valence-corrected chi connectivity index (χ2v) is 4.81. The van der Waals surface area contributed by atoms with Crippen molar-refractivity contribution in [1.82, 2.24) is 0 Å². The predicted octanol–water partition coefficient (Wildman–Crippen LogP) is 4.52. The number of halogens is 1. The smallest absolute Gasteiger partial charge is 0.162 e. The second-order valence-electron chi connectivity index (χ2n) is 3.90.